The summed E-state index contributed by atoms with van der Waals surface area (Å²) >= 11 is 0. The molecule has 0 spiro atoms. The Morgan fingerprint density at radius 3 is 2.53 bits per heavy atom. The monoisotopic (exact) mass is 209 g/mol. The molecular weight excluding hydrogens is 190 g/mol. The van der Waals surface area contributed by atoms with E-state index >= 15 is 0 Å². The second-order valence-electron chi connectivity index (χ2n) is 3.51. The lowest BCUT2D eigenvalue weighted by atomic mass is 10.1. The average Bonchev–Trinajstić information content (AvgIpc) is 2.29. The van der Waals surface area contributed by atoms with Crippen molar-refractivity contribution >= 4 is 0 Å². The molecule has 0 aromatic heterocycles. The Labute approximate surface area is 91.1 Å². The van der Waals surface area contributed by atoms with Crippen molar-refractivity contribution in [3.63, 3.8) is 0 Å². The van der Waals surface area contributed by atoms with Crippen molar-refractivity contribution in [2.75, 3.05) is 20.3 Å². The predicted molar refractivity (Wildman–Crippen MR) is 61.1 cm³/mol. The highest BCUT2D eigenvalue weighted by Crippen LogP contribution is 2.17. The van der Waals surface area contributed by atoms with Crippen LogP contribution in [0, 0.1) is 0 Å². The zero-order valence-corrected chi connectivity index (χ0v) is 9.36. The molecule has 0 heterocycles. The average molecular weight is 209 g/mol. The first kappa shape index (κ1) is 12.0. The van der Waals surface area contributed by atoms with Crippen molar-refractivity contribution < 1.29 is 9.84 Å². The van der Waals surface area contributed by atoms with Gasteiger partial charge in [0.2, 0.25) is 0 Å². The molecule has 0 bridgehead atoms. The Morgan fingerprint density at radius 1 is 1.33 bits per heavy atom. The summed E-state index contributed by atoms with van der Waals surface area (Å²) in [7, 11) is 1.94. The summed E-state index contributed by atoms with van der Waals surface area (Å²) < 4.78 is 5.43. The molecule has 1 aromatic carbocycles. The zero-order valence-electron chi connectivity index (χ0n) is 9.36. The smallest absolute Gasteiger partial charge is 0.119 e. The van der Waals surface area contributed by atoms with Gasteiger partial charge in [-0.05, 0) is 31.7 Å². The quantitative estimate of drug-likeness (QED) is 0.701. The predicted octanol–water partition coefficient (Wildman–Crippen LogP) is 1.73. The fraction of sp³-hybridized carbons (Fsp3) is 0.500. The van der Waals surface area contributed by atoms with Gasteiger partial charge >= 0.3 is 0 Å². The molecule has 0 saturated heterocycles. The normalized spacial score (nSPS) is 12.5. The number of hydrogen-bond acceptors (Lipinski definition) is 3. The van der Waals surface area contributed by atoms with Gasteiger partial charge in [-0.15, -0.1) is 0 Å². The van der Waals surface area contributed by atoms with Crippen LogP contribution < -0.4 is 10.1 Å². The number of nitrogens with one attached hydrogen (secondary N) is 1. The highest BCUT2D eigenvalue weighted by Gasteiger charge is 2.01. The standard InChI is InChI=1S/C12H19NO2/c1-10(13-2)11-4-6-12(7-5-11)15-9-3-8-14/h4-7,10,13-14H,3,8-9H2,1-2H3. The van der Waals surface area contributed by atoms with E-state index in [1.54, 1.807) is 0 Å². The summed E-state index contributed by atoms with van der Waals surface area (Å²) in [6, 6.07) is 8.38. The van der Waals surface area contributed by atoms with E-state index in [0.717, 1.165) is 5.75 Å². The van der Waals surface area contributed by atoms with E-state index in [2.05, 4.69) is 24.4 Å². The molecular formula is C12H19NO2. The van der Waals surface area contributed by atoms with Crippen LogP contribution in [0.15, 0.2) is 24.3 Å². The number of rotatable bonds is 6. The van der Waals surface area contributed by atoms with E-state index in [0.29, 0.717) is 19.1 Å². The highest BCUT2D eigenvalue weighted by molar-refractivity contribution is 5.28. The third-order valence-electron chi connectivity index (χ3n) is 2.38. The summed E-state index contributed by atoms with van der Waals surface area (Å²) in [4.78, 5) is 0. The van der Waals surface area contributed by atoms with Crippen LogP contribution in [0.5, 0.6) is 5.75 Å². The largest absolute Gasteiger partial charge is 0.494 e. The van der Waals surface area contributed by atoms with Gasteiger partial charge in [-0.25, -0.2) is 0 Å². The topological polar surface area (TPSA) is 41.5 Å². The van der Waals surface area contributed by atoms with Gasteiger partial charge in [-0.2, -0.15) is 0 Å². The Balaban J connectivity index is 2.49. The summed E-state index contributed by atoms with van der Waals surface area (Å²) in [6.07, 6.45) is 0.675. The molecule has 0 aliphatic heterocycles. The van der Waals surface area contributed by atoms with Crippen molar-refractivity contribution in [2.24, 2.45) is 0 Å². The molecule has 3 nitrogen and oxygen atoms in total. The van der Waals surface area contributed by atoms with Gasteiger partial charge in [0, 0.05) is 19.1 Å². The molecule has 1 aromatic rings. The Morgan fingerprint density at radius 2 is 2.00 bits per heavy atom. The van der Waals surface area contributed by atoms with Crippen molar-refractivity contribution in [2.45, 2.75) is 19.4 Å². The SMILES string of the molecule is CNC(C)c1ccc(OCCCO)cc1. The maximum atomic E-state index is 8.60. The Bertz CT molecular complexity index is 271. The van der Waals surface area contributed by atoms with Crippen molar-refractivity contribution in [3.05, 3.63) is 29.8 Å². The summed E-state index contributed by atoms with van der Waals surface area (Å²) in [5, 5.41) is 11.8. The number of ether oxygens (including phenoxy) is 1. The molecule has 0 fully saturated rings. The van der Waals surface area contributed by atoms with E-state index in [4.69, 9.17) is 9.84 Å². The minimum absolute atomic E-state index is 0.175. The second kappa shape index (κ2) is 6.43. The van der Waals surface area contributed by atoms with E-state index in [1.165, 1.54) is 5.56 Å². The van der Waals surface area contributed by atoms with E-state index < -0.39 is 0 Å². The molecule has 15 heavy (non-hydrogen) atoms. The van der Waals surface area contributed by atoms with E-state index in [9.17, 15) is 0 Å². The minimum Gasteiger partial charge on any atom is -0.494 e. The molecule has 1 rings (SSSR count). The molecule has 3 heteroatoms. The molecule has 1 unspecified atom stereocenters. The molecule has 0 radical (unpaired) electrons. The van der Waals surface area contributed by atoms with Gasteiger partial charge in [0.25, 0.3) is 0 Å². The van der Waals surface area contributed by atoms with Crippen LogP contribution in [-0.4, -0.2) is 25.4 Å². The van der Waals surface area contributed by atoms with Crippen LogP contribution in [0.3, 0.4) is 0 Å². The lowest BCUT2D eigenvalue weighted by Gasteiger charge is -2.11. The molecule has 0 saturated carbocycles. The van der Waals surface area contributed by atoms with Gasteiger partial charge in [-0.1, -0.05) is 12.1 Å². The number of benzene rings is 1. The van der Waals surface area contributed by atoms with Crippen LogP contribution in [0.2, 0.25) is 0 Å². The number of aliphatic hydroxyl groups excluding tert-OH is 1. The van der Waals surface area contributed by atoms with Crippen LogP contribution in [0.4, 0.5) is 0 Å². The Kier molecular flexibility index (Phi) is 5.15. The van der Waals surface area contributed by atoms with Crippen LogP contribution >= 0.6 is 0 Å². The maximum Gasteiger partial charge on any atom is 0.119 e. The van der Waals surface area contributed by atoms with Crippen LogP contribution in [0.25, 0.3) is 0 Å². The lowest BCUT2D eigenvalue weighted by Crippen LogP contribution is -2.12. The van der Waals surface area contributed by atoms with Gasteiger partial charge < -0.3 is 15.2 Å². The Hall–Kier alpha value is -1.06. The molecule has 0 amide bonds. The molecule has 1 atom stereocenters. The molecule has 2 N–H and O–H groups in total. The molecule has 84 valence electrons. The summed E-state index contributed by atoms with van der Waals surface area (Å²) in [5.41, 5.74) is 1.24. The van der Waals surface area contributed by atoms with E-state index in [-0.39, 0.29) is 6.61 Å². The second-order valence-corrected chi connectivity index (χ2v) is 3.51. The van der Waals surface area contributed by atoms with Gasteiger partial charge in [-0.3, -0.25) is 0 Å². The van der Waals surface area contributed by atoms with Crippen LogP contribution in [0.1, 0.15) is 24.9 Å². The summed E-state index contributed by atoms with van der Waals surface area (Å²) in [6.45, 7) is 2.86. The van der Waals surface area contributed by atoms with Crippen LogP contribution in [-0.2, 0) is 0 Å². The van der Waals surface area contributed by atoms with Crippen molar-refractivity contribution in [1.29, 1.82) is 0 Å². The fourth-order valence-electron chi connectivity index (χ4n) is 1.27. The highest BCUT2D eigenvalue weighted by atomic mass is 16.5. The zero-order chi connectivity index (χ0) is 11.1. The summed E-state index contributed by atoms with van der Waals surface area (Å²) in [5.74, 6) is 0.857. The van der Waals surface area contributed by atoms with Gasteiger partial charge in [0.15, 0.2) is 0 Å². The first-order valence-electron chi connectivity index (χ1n) is 5.29. The first-order chi connectivity index (χ1) is 7.27. The molecule has 0 aliphatic carbocycles. The number of aliphatic hydroxyl groups is 1. The maximum absolute atomic E-state index is 8.60. The lowest BCUT2D eigenvalue weighted by molar-refractivity contribution is 0.233. The van der Waals surface area contributed by atoms with Gasteiger partial charge in [0.05, 0.1) is 6.61 Å². The minimum atomic E-state index is 0.175. The van der Waals surface area contributed by atoms with Crippen molar-refractivity contribution in [1.82, 2.24) is 5.32 Å². The number of hydrogen-bond donors (Lipinski definition) is 2. The third kappa shape index (κ3) is 3.90. The van der Waals surface area contributed by atoms with Gasteiger partial charge in [0.1, 0.15) is 5.75 Å². The first-order valence-corrected chi connectivity index (χ1v) is 5.29. The van der Waals surface area contributed by atoms with Crippen molar-refractivity contribution in [3.8, 4) is 5.75 Å². The molecule has 0 aliphatic rings. The van der Waals surface area contributed by atoms with E-state index in [1.807, 2.05) is 19.2 Å². The third-order valence-corrected chi connectivity index (χ3v) is 2.38. The fourth-order valence-corrected chi connectivity index (χ4v) is 1.27.